The Morgan fingerprint density at radius 3 is 2.68 bits per heavy atom. The lowest BCUT2D eigenvalue weighted by molar-refractivity contribution is 0.181. The zero-order chi connectivity index (χ0) is 15.9. The number of rotatable bonds is 4. The van der Waals surface area contributed by atoms with E-state index in [-0.39, 0.29) is 6.03 Å². The molecule has 0 unspecified atom stereocenters. The average molecular weight is 347 g/mol. The minimum absolute atomic E-state index is 0.0641. The molecule has 6 nitrogen and oxygen atoms in total. The summed E-state index contributed by atoms with van der Waals surface area (Å²) in [6, 6.07) is -0.0641. The second kappa shape index (κ2) is 8.41. The van der Waals surface area contributed by atoms with Gasteiger partial charge in [0.1, 0.15) is 0 Å². The van der Waals surface area contributed by atoms with Crippen molar-refractivity contribution >= 4 is 34.9 Å². The summed E-state index contributed by atoms with van der Waals surface area (Å²) in [5.74, 6) is 0. The Balaban J connectivity index is 1.96. The summed E-state index contributed by atoms with van der Waals surface area (Å²) < 4.78 is 4.93. The molecule has 0 aliphatic carbocycles. The van der Waals surface area contributed by atoms with Crippen molar-refractivity contribution in [3.8, 4) is 0 Å². The molecule has 8 heteroatoms. The van der Waals surface area contributed by atoms with Gasteiger partial charge in [-0.05, 0) is 6.42 Å². The molecule has 22 heavy (non-hydrogen) atoms. The monoisotopic (exact) mass is 346 g/mol. The summed E-state index contributed by atoms with van der Waals surface area (Å²) in [5.41, 5.74) is 0.792. The standard InChI is InChI=1S/C14H20Cl2N4O2/c1-22-8-3-18-14(21)20-5-2-4-19(6-7-20)13-11(15)9-17-10-12(13)16/h9-10H,2-8H2,1H3,(H,18,21). The average Bonchev–Trinajstić information content (AvgIpc) is 2.73. The van der Waals surface area contributed by atoms with Crippen molar-refractivity contribution in [2.45, 2.75) is 6.42 Å². The van der Waals surface area contributed by atoms with E-state index in [1.54, 1.807) is 24.4 Å². The van der Waals surface area contributed by atoms with Gasteiger partial charge in [-0.15, -0.1) is 0 Å². The highest BCUT2D eigenvalue weighted by atomic mass is 35.5. The van der Waals surface area contributed by atoms with Crippen LogP contribution in [0, 0.1) is 0 Å². The van der Waals surface area contributed by atoms with Gasteiger partial charge in [-0.2, -0.15) is 0 Å². The molecule has 1 aromatic rings. The maximum atomic E-state index is 12.1. The molecule has 0 spiro atoms. The highest BCUT2D eigenvalue weighted by Gasteiger charge is 2.21. The van der Waals surface area contributed by atoms with E-state index in [0.717, 1.165) is 18.7 Å². The van der Waals surface area contributed by atoms with Gasteiger partial charge in [-0.1, -0.05) is 23.2 Å². The Morgan fingerprint density at radius 2 is 2.00 bits per heavy atom. The Morgan fingerprint density at radius 1 is 1.27 bits per heavy atom. The van der Waals surface area contributed by atoms with Gasteiger partial charge in [-0.25, -0.2) is 4.79 Å². The topological polar surface area (TPSA) is 57.7 Å². The number of pyridine rings is 1. The van der Waals surface area contributed by atoms with E-state index in [0.29, 0.717) is 42.8 Å². The van der Waals surface area contributed by atoms with Gasteiger partial charge in [0.2, 0.25) is 0 Å². The van der Waals surface area contributed by atoms with Gasteiger partial charge >= 0.3 is 6.03 Å². The number of ether oxygens (including phenoxy) is 1. The highest BCUT2D eigenvalue weighted by molar-refractivity contribution is 6.38. The van der Waals surface area contributed by atoms with E-state index >= 15 is 0 Å². The van der Waals surface area contributed by atoms with Crippen LogP contribution in [0.15, 0.2) is 12.4 Å². The molecule has 1 N–H and O–H groups in total. The largest absolute Gasteiger partial charge is 0.383 e. The van der Waals surface area contributed by atoms with Crippen molar-refractivity contribution < 1.29 is 9.53 Å². The number of nitrogens with zero attached hydrogens (tertiary/aromatic N) is 3. The molecule has 0 aromatic carbocycles. The normalized spacial score (nSPS) is 15.6. The van der Waals surface area contributed by atoms with Crippen LogP contribution in [0.2, 0.25) is 10.0 Å². The van der Waals surface area contributed by atoms with E-state index in [2.05, 4.69) is 15.2 Å². The molecular formula is C14H20Cl2N4O2. The number of hydrogen-bond acceptors (Lipinski definition) is 4. The zero-order valence-electron chi connectivity index (χ0n) is 12.5. The van der Waals surface area contributed by atoms with Gasteiger partial charge in [0.15, 0.2) is 0 Å². The van der Waals surface area contributed by atoms with Gasteiger partial charge in [0, 0.05) is 52.2 Å². The summed E-state index contributed by atoms with van der Waals surface area (Å²) in [7, 11) is 1.61. The number of hydrogen-bond donors (Lipinski definition) is 1. The predicted octanol–water partition coefficient (Wildman–Crippen LogP) is 2.26. The molecule has 2 amide bonds. The van der Waals surface area contributed by atoms with Crippen molar-refractivity contribution in [2.75, 3.05) is 51.3 Å². The van der Waals surface area contributed by atoms with Crippen LogP contribution in [0.5, 0.6) is 0 Å². The van der Waals surface area contributed by atoms with Crippen molar-refractivity contribution in [3.05, 3.63) is 22.4 Å². The lowest BCUT2D eigenvalue weighted by Gasteiger charge is -2.25. The van der Waals surface area contributed by atoms with Crippen LogP contribution < -0.4 is 10.2 Å². The number of urea groups is 1. The molecule has 122 valence electrons. The van der Waals surface area contributed by atoms with Crippen molar-refractivity contribution in [1.29, 1.82) is 0 Å². The van der Waals surface area contributed by atoms with E-state index < -0.39 is 0 Å². The maximum Gasteiger partial charge on any atom is 0.317 e. The lowest BCUT2D eigenvalue weighted by Crippen LogP contribution is -2.43. The minimum atomic E-state index is -0.0641. The third-order valence-electron chi connectivity index (χ3n) is 3.51. The Bertz CT molecular complexity index is 495. The first-order valence-corrected chi connectivity index (χ1v) is 7.94. The highest BCUT2D eigenvalue weighted by Crippen LogP contribution is 2.32. The second-order valence-electron chi connectivity index (χ2n) is 5.00. The van der Waals surface area contributed by atoms with Crippen LogP contribution in [-0.2, 0) is 4.74 Å². The fraction of sp³-hybridized carbons (Fsp3) is 0.571. The first-order valence-electron chi connectivity index (χ1n) is 7.19. The van der Waals surface area contributed by atoms with E-state index in [9.17, 15) is 4.79 Å². The quantitative estimate of drug-likeness (QED) is 0.849. The van der Waals surface area contributed by atoms with E-state index in [1.807, 2.05) is 0 Å². The Hall–Kier alpha value is -1.24. The molecule has 0 atom stereocenters. The third-order valence-corrected chi connectivity index (χ3v) is 4.06. The second-order valence-corrected chi connectivity index (χ2v) is 5.82. The Labute approximate surface area is 140 Å². The maximum absolute atomic E-state index is 12.1. The molecule has 1 aromatic heterocycles. The summed E-state index contributed by atoms with van der Waals surface area (Å²) in [4.78, 5) is 20.0. The number of aromatic nitrogens is 1. The van der Waals surface area contributed by atoms with Crippen molar-refractivity contribution in [2.24, 2.45) is 0 Å². The summed E-state index contributed by atoms with van der Waals surface area (Å²) in [5, 5.41) is 3.91. The van der Waals surface area contributed by atoms with Gasteiger partial charge in [0.25, 0.3) is 0 Å². The predicted molar refractivity (Wildman–Crippen MR) is 87.9 cm³/mol. The smallest absolute Gasteiger partial charge is 0.317 e. The summed E-state index contributed by atoms with van der Waals surface area (Å²) >= 11 is 12.4. The number of methoxy groups -OCH3 is 1. The molecular weight excluding hydrogens is 327 g/mol. The number of anilines is 1. The number of halogens is 2. The number of nitrogens with one attached hydrogen (secondary N) is 1. The number of amides is 2. The van der Waals surface area contributed by atoms with Gasteiger partial charge in [0.05, 0.1) is 22.3 Å². The summed E-state index contributed by atoms with van der Waals surface area (Å²) in [6.45, 7) is 3.82. The molecule has 2 rings (SSSR count). The van der Waals surface area contributed by atoms with Crippen LogP contribution >= 0.6 is 23.2 Å². The first kappa shape index (κ1) is 17.1. The van der Waals surface area contributed by atoms with Crippen LogP contribution in [0.1, 0.15) is 6.42 Å². The molecule has 0 saturated carbocycles. The van der Waals surface area contributed by atoms with Crippen LogP contribution in [0.3, 0.4) is 0 Å². The molecule has 2 heterocycles. The molecule has 0 bridgehead atoms. The first-order chi connectivity index (χ1) is 10.6. The van der Waals surface area contributed by atoms with Gasteiger partial charge < -0.3 is 19.9 Å². The zero-order valence-corrected chi connectivity index (χ0v) is 14.0. The fourth-order valence-electron chi connectivity index (χ4n) is 2.42. The number of carbonyl (C=O) groups excluding carboxylic acids is 1. The van der Waals surface area contributed by atoms with Crippen LogP contribution in [-0.4, -0.2) is 62.4 Å². The SMILES string of the molecule is COCCNC(=O)N1CCCN(c2c(Cl)cncc2Cl)CC1. The van der Waals surface area contributed by atoms with E-state index in [1.165, 1.54) is 0 Å². The van der Waals surface area contributed by atoms with Crippen molar-refractivity contribution in [1.82, 2.24) is 15.2 Å². The molecule has 1 saturated heterocycles. The summed E-state index contributed by atoms with van der Waals surface area (Å²) in [6.07, 6.45) is 4.03. The fourth-order valence-corrected chi connectivity index (χ4v) is 3.03. The molecule has 1 aliphatic heterocycles. The molecule has 1 aliphatic rings. The molecule has 1 fully saturated rings. The van der Waals surface area contributed by atoms with E-state index in [4.69, 9.17) is 27.9 Å². The van der Waals surface area contributed by atoms with Crippen molar-refractivity contribution in [3.63, 3.8) is 0 Å². The minimum Gasteiger partial charge on any atom is -0.383 e. The molecule has 0 radical (unpaired) electrons. The van der Waals surface area contributed by atoms with Crippen LogP contribution in [0.25, 0.3) is 0 Å². The Kier molecular flexibility index (Phi) is 6.54. The third kappa shape index (κ3) is 4.38. The van der Waals surface area contributed by atoms with Crippen LogP contribution in [0.4, 0.5) is 10.5 Å². The lowest BCUT2D eigenvalue weighted by atomic mass is 10.3. The number of carbonyl (C=O) groups is 1. The van der Waals surface area contributed by atoms with Gasteiger partial charge in [-0.3, -0.25) is 4.98 Å².